The van der Waals surface area contributed by atoms with Crippen molar-refractivity contribution in [2.24, 2.45) is 5.92 Å². The monoisotopic (exact) mass is 252 g/mol. The zero-order chi connectivity index (χ0) is 9.97. The van der Waals surface area contributed by atoms with Gasteiger partial charge in [0, 0.05) is 17.3 Å². The molecule has 0 radical (unpaired) electrons. The van der Waals surface area contributed by atoms with E-state index >= 15 is 0 Å². The largest absolute Gasteiger partial charge is 0.299 e. The molecular weight excluding hydrogens is 240 g/mol. The third kappa shape index (κ3) is 2.95. The number of hydrogen-bond acceptors (Lipinski definition) is 1. The standard InChI is InChI=1S/C12H13BrO/c13-11-3-1-2-10(6-11)8-12(14)7-9-4-5-9/h1-3,6,9H,4-5,7-8H2. The summed E-state index contributed by atoms with van der Waals surface area (Å²) in [5, 5.41) is 0. The number of benzene rings is 1. The quantitative estimate of drug-likeness (QED) is 0.804. The molecule has 1 fully saturated rings. The SMILES string of the molecule is O=C(Cc1cccc(Br)c1)CC1CC1. The molecule has 1 aliphatic rings. The number of halogens is 1. The fourth-order valence-corrected chi connectivity index (χ4v) is 2.04. The van der Waals surface area contributed by atoms with Crippen LogP contribution in [0.3, 0.4) is 0 Å². The maximum atomic E-state index is 11.6. The first kappa shape index (κ1) is 9.91. The van der Waals surface area contributed by atoms with Crippen LogP contribution in [0.5, 0.6) is 0 Å². The summed E-state index contributed by atoms with van der Waals surface area (Å²) in [6, 6.07) is 7.99. The predicted molar refractivity (Wildman–Crippen MR) is 60.2 cm³/mol. The molecule has 14 heavy (non-hydrogen) atoms. The van der Waals surface area contributed by atoms with E-state index in [2.05, 4.69) is 15.9 Å². The van der Waals surface area contributed by atoms with E-state index < -0.39 is 0 Å². The molecule has 0 atom stereocenters. The van der Waals surface area contributed by atoms with Gasteiger partial charge in [0.05, 0.1) is 0 Å². The first-order valence-corrected chi connectivity index (χ1v) is 5.79. The molecule has 1 aromatic carbocycles. The summed E-state index contributed by atoms with van der Waals surface area (Å²) in [6.07, 6.45) is 3.89. The van der Waals surface area contributed by atoms with Crippen LogP contribution >= 0.6 is 15.9 Å². The molecule has 1 saturated carbocycles. The number of Topliss-reactive ketones (excluding diaryl/α,β-unsaturated/α-hetero) is 1. The van der Waals surface area contributed by atoms with Crippen LogP contribution in [0.1, 0.15) is 24.8 Å². The van der Waals surface area contributed by atoms with Gasteiger partial charge in [-0.3, -0.25) is 4.79 Å². The molecule has 1 aliphatic carbocycles. The van der Waals surface area contributed by atoms with E-state index in [9.17, 15) is 4.79 Å². The molecule has 0 spiro atoms. The Balaban J connectivity index is 1.92. The van der Waals surface area contributed by atoms with Crippen LogP contribution in [0.25, 0.3) is 0 Å². The van der Waals surface area contributed by atoms with Crippen LogP contribution in [-0.4, -0.2) is 5.78 Å². The van der Waals surface area contributed by atoms with E-state index in [0.717, 1.165) is 16.5 Å². The van der Waals surface area contributed by atoms with Gasteiger partial charge in [-0.1, -0.05) is 28.1 Å². The second-order valence-electron chi connectivity index (χ2n) is 3.99. The van der Waals surface area contributed by atoms with E-state index in [0.29, 0.717) is 18.1 Å². The summed E-state index contributed by atoms with van der Waals surface area (Å²) < 4.78 is 1.05. The normalized spacial score (nSPS) is 15.5. The van der Waals surface area contributed by atoms with Crippen molar-refractivity contribution in [3.05, 3.63) is 34.3 Å². The van der Waals surface area contributed by atoms with Crippen LogP contribution in [0.2, 0.25) is 0 Å². The van der Waals surface area contributed by atoms with Gasteiger partial charge in [-0.05, 0) is 36.5 Å². The Morgan fingerprint density at radius 2 is 2.21 bits per heavy atom. The lowest BCUT2D eigenvalue weighted by Gasteiger charge is -2.00. The minimum Gasteiger partial charge on any atom is -0.299 e. The number of carbonyl (C=O) groups is 1. The van der Waals surface area contributed by atoms with Crippen molar-refractivity contribution in [3.63, 3.8) is 0 Å². The molecule has 1 nitrogen and oxygen atoms in total. The molecule has 2 rings (SSSR count). The number of ketones is 1. The summed E-state index contributed by atoms with van der Waals surface area (Å²) in [7, 11) is 0. The molecule has 0 bridgehead atoms. The van der Waals surface area contributed by atoms with Gasteiger partial charge in [-0.15, -0.1) is 0 Å². The Morgan fingerprint density at radius 3 is 2.86 bits per heavy atom. The number of rotatable bonds is 4. The summed E-state index contributed by atoms with van der Waals surface area (Å²) >= 11 is 3.40. The maximum absolute atomic E-state index is 11.6. The van der Waals surface area contributed by atoms with Gasteiger partial charge in [0.15, 0.2) is 0 Å². The fourth-order valence-electron chi connectivity index (χ4n) is 1.59. The van der Waals surface area contributed by atoms with Crippen molar-refractivity contribution in [1.82, 2.24) is 0 Å². The van der Waals surface area contributed by atoms with Gasteiger partial charge in [-0.2, -0.15) is 0 Å². The fraction of sp³-hybridized carbons (Fsp3) is 0.417. The van der Waals surface area contributed by atoms with Gasteiger partial charge in [-0.25, -0.2) is 0 Å². The lowest BCUT2D eigenvalue weighted by atomic mass is 10.1. The Morgan fingerprint density at radius 1 is 1.43 bits per heavy atom. The smallest absolute Gasteiger partial charge is 0.137 e. The van der Waals surface area contributed by atoms with Crippen molar-refractivity contribution >= 4 is 21.7 Å². The second kappa shape index (κ2) is 4.26. The third-order valence-electron chi connectivity index (χ3n) is 2.50. The molecular formula is C12H13BrO. The Labute approximate surface area is 92.6 Å². The zero-order valence-electron chi connectivity index (χ0n) is 8.00. The number of hydrogen-bond donors (Lipinski definition) is 0. The van der Waals surface area contributed by atoms with Crippen LogP contribution in [0.15, 0.2) is 28.7 Å². The first-order valence-electron chi connectivity index (χ1n) is 5.00. The molecule has 0 amide bonds. The third-order valence-corrected chi connectivity index (χ3v) is 3.00. The summed E-state index contributed by atoms with van der Waals surface area (Å²) in [4.78, 5) is 11.6. The Bertz CT molecular complexity index is 342. The van der Waals surface area contributed by atoms with Crippen LogP contribution in [0.4, 0.5) is 0 Å². The summed E-state index contributed by atoms with van der Waals surface area (Å²) in [5.41, 5.74) is 1.12. The van der Waals surface area contributed by atoms with Crippen LogP contribution < -0.4 is 0 Å². The van der Waals surface area contributed by atoms with Gasteiger partial charge in [0.2, 0.25) is 0 Å². The van der Waals surface area contributed by atoms with E-state index in [1.54, 1.807) is 0 Å². The minimum absolute atomic E-state index is 0.380. The van der Waals surface area contributed by atoms with Gasteiger partial charge >= 0.3 is 0 Å². The Hall–Kier alpha value is -0.630. The average Bonchev–Trinajstić information content (AvgIpc) is 2.87. The van der Waals surface area contributed by atoms with E-state index in [1.807, 2.05) is 24.3 Å². The van der Waals surface area contributed by atoms with Gasteiger partial charge < -0.3 is 0 Å². The van der Waals surface area contributed by atoms with Crippen molar-refractivity contribution < 1.29 is 4.79 Å². The van der Waals surface area contributed by atoms with Gasteiger partial charge in [0.1, 0.15) is 5.78 Å². The van der Waals surface area contributed by atoms with E-state index in [1.165, 1.54) is 12.8 Å². The zero-order valence-corrected chi connectivity index (χ0v) is 9.59. The number of carbonyl (C=O) groups excluding carboxylic acids is 1. The highest BCUT2D eigenvalue weighted by molar-refractivity contribution is 9.10. The van der Waals surface area contributed by atoms with Crippen molar-refractivity contribution in [2.75, 3.05) is 0 Å². The molecule has 0 saturated heterocycles. The van der Waals surface area contributed by atoms with Gasteiger partial charge in [0.25, 0.3) is 0 Å². The molecule has 0 aliphatic heterocycles. The average molecular weight is 253 g/mol. The highest BCUT2D eigenvalue weighted by Gasteiger charge is 2.24. The van der Waals surface area contributed by atoms with Crippen LogP contribution in [-0.2, 0) is 11.2 Å². The van der Waals surface area contributed by atoms with E-state index in [4.69, 9.17) is 0 Å². The predicted octanol–water partition coefficient (Wildman–Crippen LogP) is 3.36. The topological polar surface area (TPSA) is 17.1 Å². The maximum Gasteiger partial charge on any atom is 0.137 e. The molecule has 0 aromatic heterocycles. The lowest BCUT2D eigenvalue weighted by molar-refractivity contribution is -0.118. The molecule has 2 heteroatoms. The highest BCUT2D eigenvalue weighted by atomic mass is 79.9. The molecule has 1 aromatic rings. The van der Waals surface area contributed by atoms with Crippen LogP contribution in [0, 0.1) is 5.92 Å². The first-order chi connectivity index (χ1) is 6.74. The lowest BCUT2D eigenvalue weighted by Crippen LogP contribution is -2.03. The molecule has 0 N–H and O–H groups in total. The molecule has 74 valence electrons. The minimum atomic E-state index is 0.380. The van der Waals surface area contributed by atoms with E-state index in [-0.39, 0.29) is 0 Å². The van der Waals surface area contributed by atoms with Crippen molar-refractivity contribution in [3.8, 4) is 0 Å². The molecule has 0 heterocycles. The molecule has 0 unspecified atom stereocenters. The van der Waals surface area contributed by atoms with Crippen molar-refractivity contribution in [1.29, 1.82) is 0 Å². The second-order valence-corrected chi connectivity index (χ2v) is 4.91. The van der Waals surface area contributed by atoms with Crippen molar-refractivity contribution in [2.45, 2.75) is 25.7 Å². The Kier molecular flexibility index (Phi) is 3.02. The highest BCUT2D eigenvalue weighted by Crippen LogP contribution is 2.32. The summed E-state index contributed by atoms with van der Waals surface area (Å²) in [5.74, 6) is 1.08. The summed E-state index contributed by atoms with van der Waals surface area (Å²) in [6.45, 7) is 0.